The highest BCUT2D eigenvalue weighted by Crippen LogP contribution is 2.30. The van der Waals surface area contributed by atoms with Gasteiger partial charge in [0.15, 0.2) is 4.47 Å². The van der Waals surface area contributed by atoms with E-state index < -0.39 is 0 Å². The molecule has 1 aromatic carbocycles. The van der Waals surface area contributed by atoms with E-state index in [2.05, 4.69) is 10.3 Å². The highest BCUT2D eigenvalue weighted by molar-refractivity contribution is 8.26. The summed E-state index contributed by atoms with van der Waals surface area (Å²) in [6.45, 7) is 0.377. The van der Waals surface area contributed by atoms with Crippen LogP contribution in [-0.4, -0.2) is 15.2 Å². The third-order valence-electron chi connectivity index (χ3n) is 2.74. The van der Waals surface area contributed by atoms with E-state index in [1.54, 1.807) is 12.3 Å². The van der Waals surface area contributed by atoms with Gasteiger partial charge in [-0.1, -0.05) is 53.8 Å². The Kier molecular flexibility index (Phi) is 4.77. The number of amides is 1. The Morgan fingerprint density at radius 2 is 2.23 bits per heavy atom. The van der Waals surface area contributed by atoms with Crippen molar-refractivity contribution in [3.05, 3.63) is 50.3 Å². The Balaban J connectivity index is 1.79. The molecule has 1 aliphatic heterocycles. The van der Waals surface area contributed by atoms with Crippen LogP contribution >= 0.6 is 46.9 Å². The van der Waals surface area contributed by atoms with E-state index in [0.29, 0.717) is 26.0 Å². The number of nitrogens with one attached hydrogen (secondary N) is 1. The minimum atomic E-state index is -0.181. The van der Waals surface area contributed by atoms with Crippen LogP contribution in [0.4, 0.5) is 0 Å². The van der Waals surface area contributed by atoms with Crippen molar-refractivity contribution in [2.24, 2.45) is 0 Å². The van der Waals surface area contributed by atoms with Crippen molar-refractivity contribution < 1.29 is 9.53 Å². The minimum absolute atomic E-state index is 0.181. The van der Waals surface area contributed by atoms with Crippen LogP contribution in [0.2, 0.25) is 4.47 Å². The number of thiocarbonyl (C=S) groups is 1. The Morgan fingerprint density at radius 1 is 1.41 bits per heavy atom. The molecule has 22 heavy (non-hydrogen) atoms. The monoisotopic (exact) mass is 368 g/mol. The number of rotatable bonds is 4. The Labute approximate surface area is 145 Å². The van der Waals surface area contributed by atoms with Gasteiger partial charge in [0.05, 0.1) is 9.78 Å². The molecular formula is C14H9ClN2O2S3. The van der Waals surface area contributed by atoms with Crippen LogP contribution in [0.5, 0.6) is 5.75 Å². The molecule has 2 aromatic rings. The molecule has 1 amide bonds. The highest BCUT2D eigenvalue weighted by atomic mass is 35.5. The summed E-state index contributed by atoms with van der Waals surface area (Å²) in [5.41, 5.74) is 0.820. The number of benzene rings is 1. The van der Waals surface area contributed by atoms with Crippen molar-refractivity contribution in [1.29, 1.82) is 0 Å². The standard InChI is InChI=1S/C14H9ClN2O2S3/c15-13-16-6-9(21-13)7-19-10-4-2-1-3-8(10)5-11-12(18)17-14(20)22-11/h1-6H,7H2,(H,17,18,20). The average Bonchev–Trinajstić information content (AvgIpc) is 3.04. The van der Waals surface area contributed by atoms with E-state index in [1.807, 2.05) is 24.3 Å². The quantitative estimate of drug-likeness (QED) is 0.656. The number of thiazole rings is 1. The van der Waals surface area contributed by atoms with Gasteiger partial charge in [0.2, 0.25) is 0 Å². The van der Waals surface area contributed by atoms with Gasteiger partial charge in [-0.2, -0.15) is 0 Å². The lowest BCUT2D eigenvalue weighted by molar-refractivity contribution is -0.115. The summed E-state index contributed by atoms with van der Waals surface area (Å²) >= 11 is 13.4. The minimum Gasteiger partial charge on any atom is -0.487 e. The second-order valence-electron chi connectivity index (χ2n) is 4.26. The second-order valence-corrected chi connectivity index (χ2v) is 7.67. The number of aromatic nitrogens is 1. The van der Waals surface area contributed by atoms with Crippen LogP contribution in [0.15, 0.2) is 35.4 Å². The molecular weight excluding hydrogens is 360 g/mol. The molecule has 112 valence electrons. The van der Waals surface area contributed by atoms with Gasteiger partial charge in [0.1, 0.15) is 16.7 Å². The molecule has 3 rings (SSSR count). The molecule has 0 bridgehead atoms. The summed E-state index contributed by atoms with van der Waals surface area (Å²) in [6.07, 6.45) is 3.46. The predicted octanol–water partition coefficient (Wildman–Crippen LogP) is 3.86. The lowest BCUT2D eigenvalue weighted by Gasteiger charge is -2.08. The Hall–Kier alpha value is -1.41. The first-order valence-corrected chi connectivity index (χ1v) is 8.60. The smallest absolute Gasteiger partial charge is 0.263 e. The Morgan fingerprint density at radius 3 is 2.91 bits per heavy atom. The first-order chi connectivity index (χ1) is 10.6. The summed E-state index contributed by atoms with van der Waals surface area (Å²) in [5.74, 6) is 0.504. The SMILES string of the molecule is O=C1NC(=S)SC1=Cc1ccccc1OCc1cnc(Cl)s1. The average molecular weight is 369 g/mol. The maximum absolute atomic E-state index is 11.7. The lowest BCUT2D eigenvalue weighted by Crippen LogP contribution is -2.17. The van der Waals surface area contributed by atoms with E-state index >= 15 is 0 Å². The van der Waals surface area contributed by atoms with Gasteiger partial charge in [-0.15, -0.1) is 11.3 Å². The molecule has 0 atom stereocenters. The zero-order valence-corrected chi connectivity index (χ0v) is 14.2. The van der Waals surface area contributed by atoms with Gasteiger partial charge in [-0.25, -0.2) is 4.98 Å². The molecule has 0 aliphatic carbocycles. The number of thioether (sulfide) groups is 1. The third kappa shape index (κ3) is 3.67. The molecule has 0 saturated carbocycles. The maximum Gasteiger partial charge on any atom is 0.263 e. The van der Waals surface area contributed by atoms with Crippen LogP contribution in [0, 0.1) is 0 Å². The molecule has 1 fully saturated rings. The van der Waals surface area contributed by atoms with Crippen molar-refractivity contribution in [2.45, 2.75) is 6.61 Å². The topological polar surface area (TPSA) is 51.2 Å². The molecule has 1 saturated heterocycles. The maximum atomic E-state index is 11.7. The normalized spacial score (nSPS) is 16.1. The van der Waals surface area contributed by atoms with Gasteiger partial charge < -0.3 is 10.1 Å². The predicted molar refractivity (Wildman–Crippen MR) is 94.2 cm³/mol. The van der Waals surface area contributed by atoms with Gasteiger partial charge in [0.25, 0.3) is 5.91 Å². The van der Waals surface area contributed by atoms with E-state index in [-0.39, 0.29) is 5.91 Å². The molecule has 8 heteroatoms. The number of carbonyl (C=O) groups is 1. The first-order valence-electron chi connectivity index (χ1n) is 6.19. The van der Waals surface area contributed by atoms with Crippen molar-refractivity contribution in [1.82, 2.24) is 10.3 Å². The van der Waals surface area contributed by atoms with Gasteiger partial charge in [-0.3, -0.25) is 4.79 Å². The molecule has 4 nitrogen and oxygen atoms in total. The zero-order chi connectivity index (χ0) is 15.5. The van der Waals surface area contributed by atoms with Gasteiger partial charge in [0, 0.05) is 11.8 Å². The first kappa shape index (κ1) is 15.5. The lowest BCUT2D eigenvalue weighted by atomic mass is 10.2. The number of ether oxygens (including phenoxy) is 1. The summed E-state index contributed by atoms with van der Waals surface area (Å²) in [5, 5.41) is 2.59. The van der Waals surface area contributed by atoms with Crippen LogP contribution < -0.4 is 10.1 Å². The van der Waals surface area contributed by atoms with Crippen molar-refractivity contribution in [3.8, 4) is 5.75 Å². The van der Waals surface area contributed by atoms with Crippen LogP contribution in [0.25, 0.3) is 6.08 Å². The summed E-state index contributed by atoms with van der Waals surface area (Å²) in [6, 6.07) is 7.50. The summed E-state index contributed by atoms with van der Waals surface area (Å²) < 4.78 is 6.76. The molecule has 2 heterocycles. The van der Waals surface area contributed by atoms with Crippen molar-refractivity contribution in [2.75, 3.05) is 0 Å². The van der Waals surface area contributed by atoms with E-state index in [1.165, 1.54) is 23.1 Å². The fraction of sp³-hybridized carbons (Fsp3) is 0.0714. The molecule has 0 radical (unpaired) electrons. The largest absolute Gasteiger partial charge is 0.487 e. The van der Waals surface area contributed by atoms with E-state index in [9.17, 15) is 4.79 Å². The van der Waals surface area contributed by atoms with Crippen LogP contribution in [-0.2, 0) is 11.4 Å². The van der Waals surface area contributed by atoms with E-state index in [0.717, 1.165) is 10.4 Å². The van der Waals surface area contributed by atoms with Crippen molar-refractivity contribution >= 4 is 63.2 Å². The molecule has 0 spiro atoms. The summed E-state index contributed by atoms with van der Waals surface area (Å²) in [7, 11) is 0. The van der Waals surface area contributed by atoms with Gasteiger partial charge >= 0.3 is 0 Å². The molecule has 0 unspecified atom stereocenters. The number of carbonyl (C=O) groups excluding carboxylic acids is 1. The second kappa shape index (κ2) is 6.78. The third-order valence-corrected chi connectivity index (χ3v) is 4.99. The fourth-order valence-electron chi connectivity index (χ4n) is 1.79. The zero-order valence-electron chi connectivity index (χ0n) is 11.0. The fourth-order valence-corrected chi connectivity index (χ4v) is 3.72. The van der Waals surface area contributed by atoms with Crippen LogP contribution in [0.3, 0.4) is 0 Å². The summed E-state index contributed by atoms with van der Waals surface area (Å²) in [4.78, 5) is 17.2. The number of para-hydroxylation sites is 1. The molecule has 1 aliphatic rings. The van der Waals surface area contributed by atoms with Gasteiger partial charge in [-0.05, 0) is 12.1 Å². The number of hydrogen-bond donors (Lipinski definition) is 1. The van der Waals surface area contributed by atoms with Crippen molar-refractivity contribution in [3.63, 3.8) is 0 Å². The van der Waals surface area contributed by atoms with E-state index in [4.69, 9.17) is 28.6 Å². The number of nitrogens with zero attached hydrogens (tertiary/aromatic N) is 1. The number of halogens is 1. The molecule has 1 N–H and O–H groups in total. The highest BCUT2D eigenvalue weighted by Gasteiger charge is 2.22. The Bertz CT molecular complexity index is 773. The van der Waals surface area contributed by atoms with Crippen LogP contribution in [0.1, 0.15) is 10.4 Å². The number of hydrogen-bond acceptors (Lipinski definition) is 6. The molecule has 1 aromatic heterocycles.